The van der Waals surface area contributed by atoms with Gasteiger partial charge in [0.05, 0.1) is 28.4 Å². The molecule has 0 aliphatic rings. The van der Waals surface area contributed by atoms with E-state index in [1.807, 2.05) is 28.8 Å². The lowest BCUT2D eigenvalue weighted by Crippen LogP contribution is -2.30. The zero-order valence-electron chi connectivity index (χ0n) is 22.4. The van der Waals surface area contributed by atoms with Gasteiger partial charge in [0.1, 0.15) is 5.82 Å². The maximum Gasteiger partial charge on any atom is 0.264 e. The fourth-order valence-electron chi connectivity index (χ4n) is 4.71. The molecule has 0 radical (unpaired) electrons. The first kappa shape index (κ1) is 28.5. The Balaban J connectivity index is 1.44. The lowest BCUT2D eigenvalue weighted by atomic mass is 10.1. The van der Waals surface area contributed by atoms with E-state index in [2.05, 4.69) is 16.6 Å². The number of carbonyl (C=O) groups excluding carboxylic acids is 1. The normalized spacial score (nSPS) is 11.6. The van der Waals surface area contributed by atoms with Crippen LogP contribution < -0.4 is 4.72 Å². The molecule has 0 spiro atoms. The Hall–Kier alpha value is -4.05. The van der Waals surface area contributed by atoms with E-state index in [0.717, 1.165) is 36.0 Å². The van der Waals surface area contributed by atoms with Crippen LogP contribution in [0.4, 0.5) is 0 Å². The van der Waals surface area contributed by atoms with Crippen LogP contribution in [-0.2, 0) is 29.6 Å². The number of rotatable bonds is 10. The van der Waals surface area contributed by atoms with E-state index >= 15 is 0 Å². The van der Waals surface area contributed by atoms with Gasteiger partial charge in [0, 0.05) is 29.5 Å². The van der Waals surface area contributed by atoms with Crippen LogP contribution in [0.2, 0.25) is 5.15 Å². The number of nitrogens with one attached hydrogen (secondary N) is 1. The zero-order chi connectivity index (χ0) is 29.0. The van der Waals surface area contributed by atoms with Crippen molar-refractivity contribution in [1.29, 1.82) is 0 Å². The van der Waals surface area contributed by atoms with E-state index in [-0.39, 0.29) is 17.1 Å². The number of aliphatic hydroxyl groups excluding tert-OH is 1. The van der Waals surface area contributed by atoms with Gasteiger partial charge in [-0.3, -0.25) is 4.79 Å². The number of nitrogens with zero attached hydrogens (tertiary/aromatic N) is 3. The van der Waals surface area contributed by atoms with Crippen molar-refractivity contribution in [1.82, 2.24) is 19.3 Å². The van der Waals surface area contributed by atoms with Crippen LogP contribution in [0.25, 0.3) is 22.2 Å². The molecule has 10 heteroatoms. The van der Waals surface area contributed by atoms with Crippen LogP contribution in [0.15, 0.2) is 89.8 Å². The molecule has 41 heavy (non-hydrogen) atoms. The molecular formula is C31H29ClN4O4S. The number of benzene rings is 3. The third-order valence-corrected chi connectivity index (χ3v) is 8.51. The monoisotopic (exact) mass is 588 g/mol. The highest BCUT2D eigenvalue weighted by atomic mass is 35.5. The maximum atomic E-state index is 13.2. The third kappa shape index (κ3) is 6.17. The van der Waals surface area contributed by atoms with Crippen molar-refractivity contribution in [3.63, 3.8) is 0 Å². The number of imidazole rings is 1. The molecule has 2 aromatic heterocycles. The van der Waals surface area contributed by atoms with Crippen LogP contribution >= 0.6 is 11.6 Å². The molecule has 3 aromatic carbocycles. The van der Waals surface area contributed by atoms with Crippen molar-refractivity contribution in [2.45, 2.75) is 44.2 Å². The molecule has 0 atom stereocenters. The van der Waals surface area contributed by atoms with Gasteiger partial charge in [-0.2, -0.15) is 0 Å². The average Bonchev–Trinajstić information content (AvgIpc) is 3.29. The molecule has 2 heterocycles. The molecule has 5 rings (SSSR count). The van der Waals surface area contributed by atoms with Crippen molar-refractivity contribution >= 4 is 38.4 Å². The quantitative estimate of drug-likeness (QED) is 0.215. The van der Waals surface area contributed by atoms with Gasteiger partial charge in [0.25, 0.3) is 15.9 Å². The Morgan fingerprint density at radius 1 is 0.976 bits per heavy atom. The Labute approximate surface area is 243 Å². The number of amides is 1. The van der Waals surface area contributed by atoms with Crippen molar-refractivity contribution in [2.75, 3.05) is 0 Å². The summed E-state index contributed by atoms with van der Waals surface area (Å²) in [6.07, 6.45) is 2.76. The maximum absolute atomic E-state index is 13.2. The fraction of sp³-hybridized carbons (Fsp3) is 0.194. The summed E-state index contributed by atoms with van der Waals surface area (Å²) in [5.74, 6) is 0.132. The van der Waals surface area contributed by atoms with Gasteiger partial charge < -0.3 is 9.67 Å². The highest BCUT2D eigenvalue weighted by Crippen LogP contribution is 2.29. The molecule has 0 saturated carbocycles. The van der Waals surface area contributed by atoms with Gasteiger partial charge in [0.2, 0.25) is 0 Å². The molecule has 1 amide bonds. The standard InChI is InChI=1S/C31H29ClN4O4S/c1-2-3-13-29-34-30(32)27(20-37)36(29)19-21-14-16-25-23(18-21)15-17-26(33-25)24-11-7-8-12-28(24)41(39,40)35-31(38)22-9-5-4-6-10-22/h4-12,14-18,37H,2-3,13,19-20H2,1H3,(H,35,38). The predicted molar refractivity (Wildman–Crippen MR) is 159 cm³/mol. The Morgan fingerprint density at radius 3 is 2.49 bits per heavy atom. The number of pyridine rings is 1. The van der Waals surface area contributed by atoms with Crippen LogP contribution in [0.3, 0.4) is 0 Å². The number of hydrogen-bond acceptors (Lipinski definition) is 6. The summed E-state index contributed by atoms with van der Waals surface area (Å²) in [6, 6.07) is 24.1. The fourth-order valence-corrected chi connectivity index (χ4v) is 6.16. The Bertz CT molecular complexity index is 1820. The Kier molecular flexibility index (Phi) is 8.49. The molecule has 0 unspecified atom stereocenters. The van der Waals surface area contributed by atoms with E-state index in [0.29, 0.717) is 34.2 Å². The molecule has 0 aliphatic carbocycles. The number of halogens is 1. The molecule has 0 saturated heterocycles. The number of aryl methyl sites for hydroxylation is 1. The van der Waals surface area contributed by atoms with Crippen LogP contribution in [0.1, 0.15) is 47.2 Å². The Morgan fingerprint density at radius 2 is 1.73 bits per heavy atom. The number of aliphatic hydroxyl groups is 1. The van der Waals surface area contributed by atoms with Crippen molar-refractivity contribution < 1.29 is 18.3 Å². The largest absolute Gasteiger partial charge is 0.390 e. The number of aromatic nitrogens is 3. The summed E-state index contributed by atoms with van der Waals surface area (Å²) < 4.78 is 30.6. The first-order chi connectivity index (χ1) is 19.8. The lowest BCUT2D eigenvalue weighted by molar-refractivity contribution is 0.0981. The summed E-state index contributed by atoms with van der Waals surface area (Å²) in [4.78, 5) is 21.8. The second-order valence-electron chi connectivity index (χ2n) is 9.63. The van der Waals surface area contributed by atoms with E-state index in [4.69, 9.17) is 16.6 Å². The minimum Gasteiger partial charge on any atom is -0.390 e. The van der Waals surface area contributed by atoms with Gasteiger partial charge in [-0.05, 0) is 48.4 Å². The molecule has 0 aliphatic heterocycles. The summed E-state index contributed by atoms with van der Waals surface area (Å²) in [5, 5.41) is 11.1. The number of carbonyl (C=O) groups is 1. The number of hydrogen-bond donors (Lipinski definition) is 2. The van der Waals surface area contributed by atoms with E-state index in [1.165, 1.54) is 6.07 Å². The van der Waals surface area contributed by atoms with Gasteiger partial charge in [-0.15, -0.1) is 0 Å². The zero-order valence-corrected chi connectivity index (χ0v) is 24.0. The molecule has 0 bridgehead atoms. The molecule has 2 N–H and O–H groups in total. The summed E-state index contributed by atoms with van der Waals surface area (Å²) in [5.41, 5.74) is 3.35. The molecule has 8 nitrogen and oxygen atoms in total. The van der Waals surface area contributed by atoms with E-state index in [9.17, 15) is 18.3 Å². The van der Waals surface area contributed by atoms with Gasteiger partial charge in [0.15, 0.2) is 5.15 Å². The number of fused-ring (bicyclic) bond motifs is 1. The van der Waals surface area contributed by atoms with Crippen LogP contribution in [0, 0.1) is 0 Å². The van der Waals surface area contributed by atoms with Crippen LogP contribution in [0.5, 0.6) is 0 Å². The van der Waals surface area contributed by atoms with Gasteiger partial charge >= 0.3 is 0 Å². The average molecular weight is 589 g/mol. The summed E-state index contributed by atoms with van der Waals surface area (Å²) >= 11 is 6.30. The highest BCUT2D eigenvalue weighted by Gasteiger charge is 2.23. The van der Waals surface area contributed by atoms with Gasteiger partial charge in [-0.1, -0.05) is 73.5 Å². The molecule has 0 fully saturated rings. The summed E-state index contributed by atoms with van der Waals surface area (Å²) in [7, 11) is -4.18. The minimum absolute atomic E-state index is 0.0409. The SMILES string of the molecule is CCCCc1nc(Cl)c(CO)n1Cc1ccc2nc(-c3ccccc3S(=O)(=O)NC(=O)c3ccccc3)ccc2c1. The number of sulfonamides is 1. The first-order valence-corrected chi connectivity index (χ1v) is 15.1. The number of unbranched alkanes of at least 4 members (excludes halogenated alkanes) is 1. The van der Waals surface area contributed by atoms with Crippen molar-refractivity contribution in [3.05, 3.63) is 113 Å². The second kappa shape index (κ2) is 12.2. The molecule has 210 valence electrons. The highest BCUT2D eigenvalue weighted by molar-refractivity contribution is 7.90. The van der Waals surface area contributed by atoms with E-state index < -0.39 is 15.9 Å². The molecule has 5 aromatic rings. The summed E-state index contributed by atoms with van der Waals surface area (Å²) in [6.45, 7) is 2.40. The topological polar surface area (TPSA) is 114 Å². The van der Waals surface area contributed by atoms with Crippen molar-refractivity contribution in [3.8, 4) is 11.3 Å². The van der Waals surface area contributed by atoms with Crippen LogP contribution in [-0.4, -0.2) is 34.0 Å². The second-order valence-corrected chi connectivity index (χ2v) is 11.6. The minimum atomic E-state index is -4.18. The first-order valence-electron chi connectivity index (χ1n) is 13.3. The van der Waals surface area contributed by atoms with E-state index in [1.54, 1.807) is 54.6 Å². The predicted octanol–water partition coefficient (Wildman–Crippen LogP) is 5.75. The lowest BCUT2D eigenvalue weighted by Gasteiger charge is -2.13. The smallest absolute Gasteiger partial charge is 0.264 e. The van der Waals surface area contributed by atoms with Crippen molar-refractivity contribution in [2.24, 2.45) is 0 Å². The third-order valence-electron chi connectivity index (χ3n) is 6.82. The van der Waals surface area contributed by atoms with Gasteiger partial charge in [-0.25, -0.2) is 23.1 Å². The molecular weight excluding hydrogens is 560 g/mol.